The van der Waals surface area contributed by atoms with Gasteiger partial charge < -0.3 is 10.4 Å². The molecule has 1 saturated heterocycles. The highest BCUT2D eigenvalue weighted by atomic mass is 16.3. The summed E-state index contributed by atoms with van der Waals surface area (Å²) in [5, 5.41) is 12.9. The third kappa shape index (κ3) is 2.45. The SMILES string of the molecule is Cc1cc(C)cc(C2CNCCC2CO)c1. The Hall–Kier alpha value is -0.860. The van der Waals surface area contributed by atoms with Crippen LogP contribution in [0.3, 0.4) is 0 Å². The molecule has 2 unspecified atom stereocenters. The summed E-state index contributed by atoms with van der Waals surface area (Å²) in [7, 11) is 0. The van der Waals surface area contributed by atoms with Crippen LogP contribution in [0.2, 0.25) is 0 Å². The lowest BCUT2D eigenvalue weighted by atomic mass is 9.81. The van der Waals surface area contributed by atoms with Crippen molar-refractivity contribution >= 4 is 0 Å². The highest BCUT2D eigenvalue weighted by molar-refractivity contribution is 5.32. The topological polar surface area (TPSA) is 32.3 Å². The van der Waals surface area contributed by atoms with Crippen molar-refractivity contribution in [1.29, 1.82) is 0 Å². The first-order chi connectivity index (χ1) is 7.70. The lowest BCUT2D eigenvalue weighted by molar-refractivity contribution is 0.176. The molecule has 1 heterocycles. The van der Waals surface area contributed by atoms with Crippen molar-refractivity contribution in [3.8, 4) is 0 Å². The van der Waals surface area contributed by atoms with Gasteiger partial charge in [0.05, 0.1) is 0 Å². The van der Waals surface area contributed by atoms with Crippen LogP contribution in [0, 0.1) is 19.8 Å². The van der Waals surface area contributed by atoms with E-state index in [1.54, 1.807) is 0 Å². The Morgan fingerprint density at radius 2 is 1.94 bits per heavy atom. The van der Waals surface area contributed by atoms with Gasteiger partial charge in [-0.05, 0) is 38.3 Å². The van der Waals surface area contributed by atoms with E-state index in [4.69, 9.17) is 0 Å². The fraction of sp³-hybridized carbons (Fsp3) is 0.571. The predicted octanol–water partition coefficient (Wildman–Crippen LogP) is 1.99. The van der Waals surface area contributed by atoms with Gasteiger partial charge in [0.15, 0.2) is 0 Å². The van der Waals surface area contributed by atoms with E-state index in [1.165, 1.54) is 16.7 Å². The first-order valence-corrected chi connectivity index (χ1v) is 6.10. The van der Waals surface area contributed by atoms with Crippen molar-refractivity contribution in [3.63, 3.8) is 0 Å². The molecule has 1 aliphatic heterocycles. The minimum absolute atomic E-state index is 0.305. The van der Waals surface area contributed by atoms with E-state index in [9.17, 15) is 5.11 Å². The van der Waals surface area contributed by atoms with Gasteiger partial charge in [-0.1, -0.05) is 29.3 Å². The molecule has 1 aromatic rings. The van der Waals surface area contributed by atoms with Gasteiger partial charge in [0.1, 0.15) is 0 Å². The van der Waals surface area contributed by atoms with Crippen LogP contribution in [0.25, 0.3) is 0 Å². The lowest BCUT2D eigenvalue weighted by Gasteiger charge is -2.31. The van der Waals surface area contributed by atoms with E-state index >= 15 is 0 Å². The summed E-state index contributed by atoms with van der Waals surface area (Å²) in [5.41, 5.74) is 4.01. The minimum Gasteiger partial charge on any atom is -0.396 e. The molecule has 16 heavy (non-hydrogen) atoms. The van der Waals surface area contributed by atoms with Gasteiger partial charge in [0, 0.05) is 19.1 Å². The summed E-state index contributed by atoms with van der Waals surface area (Å²) < 4.78 is 0. The molecule has 0 bridgehead atoms. The number of aliphatic hydroxyl groups is 1. The fourth-order valence-electron chi connectivity index (χ4n) is 2.75. The maximum absolute atomic E-state index is 9.43. The van der Waals surface area contributed by atoms with Gasteiger partial charge in [0.2, 0.25) is 0 Å². The molecule has 1 aromatic carbocycles. The number of aliphatic hydroxyl groups excluding tert-OH is 1. The molecule has 0 aliphatic carbocycles. The van der Waals surface area contributed by atoms with Crippen molar-refractivity contribution in [3.05, 3.63) is 34.9 Å². The van der Waals surface area contributed by atoms with Crippen LogP contribution in [-0.4, -0.2) is 24.8 Å². The molecule has 88 valence electrons. The third-order valence-electron chi connectivity index (χ3n) is 3.53. The number of hydrogen-bond donors (Lipinski definition) is 2. The van der Waals surface area contributed by atoms with E-state index < -0.39 is 0 Å². The summed E-state index contributed by atoms with van der Waals surface area (Å²) in [5.74, 6) is 0.889. The molecular formula is C14H21NO. The van der Waals surface area contributed by atoms with Gasteiger partial charge in [-0.25, -0.2) is 0 Å². The molecule has 0 aromatic heterocycles. The second kappa shape index (κ2) is 4.98. The smallest absolute Gasteiger partial charge is 0.0466 e. The van der Waals surface area contributed by atoms with Gasteiger partial charge in [-0.15, -0.1) is 0 Å². The van der Waals surface area contributed by atoms with Crippen molar-refractivity contribution in [2.24, 2.45) is 5.92 Å². The van der Waals surface area contributed by atoms with Crippen molar-refractivity contribution in [2.75, 3.05) is 19.7 Å². The van der Waals surface area contributed by atoms with Gasteiger partial charge >= 0.3 is 0 Å². The Labute approximate surface area is 97.7 Å². The van der Waals surface area contributed by atoms with Gasteiger partial charge in [-0.3, -0.25) is 0 Å². The fourth-order valence-corrected chi connectivity index (χ4v) is 2.75. The molecular weight excluding hydrogens is 198 g/mol. The molecule has 0 saturated carbocycles. The van der Waals surface area contributed by atoms with Crippen LogP contribution >= 0.6 is 0 Å². The second-order valence-corrected chi connectivity index (χ2v) is 4.96. The first-order valence-electron chi connectivity index (χ1n) is 6.10. The number of nitrogens with one attached hydrogen (secondary N) is 1. The normalized spacial score (nSPS) is 25.7. The monoisotopic (exact) mass is 219 g/mol. The third-order valence-corrected chi connectivity index (χ3v) is 3.53. The lowest BCUT2D eigenvalue weighted by Crippen LogP contribution is -2.36. The highest BCUT2D eigenvalue weighted by Gasteiger charge is 2.25. The number of aryl methyl sites for hydroxylation is 2. The molecule has 0 spiro atoms. The second-order valence-electron chi connectivity index (χ2n) is 4.96. The summed E-state index contributed by atoms with van der Waals surface area (Å²) in [6, 6.07) is 6.72. The van der Waals surface area contributed by atoms with Gasteiger partial charge in [-0.2, -0.15) is 0 Å². The summed E-state index contributed by atoms with van der Waals surface area (Å²) in [4.78, 5) is 0. The average Bonchev–Trinajstić information content (AvgIpc) is 2.27. The van der Waals surface area contributed by atoms with Gasteiger partial charge in [0.25, 0.3) is 0 Å². The molecule has 0 amide bonds. The highest BCUT2D eigenvalue weighted by Crippen LogP contribution is 2.30. The Morgan fingerprint density at radius 3 is 2.56 bits per heavy atom. The van der Waals surface area contributed by atoms with Crippen LogP contribution in [0.15, 0.2) is 18.2 Å². The standard InChI is InChI=1S/C14H21NO/c1-10-5-11(2)7-13(6-10)14-8-15-4-3-12(14)9-16/h5-7,12,14-16H,3-4,8-9H2,1-2H3. The van der Waals surface area contributed by atoms with E-state index in [2.05, 4.69) is 37.4 Å². The Balaban J connectivity index is 2.26. The number of hydrogen-bond acceptors (Lipinski definition) is 2. The van der Waals surface area contributed by atoms with Crippen LogP contribution in [-0.2, 0) is 0 Å². The molecule has 2 atom stereocenters. The maximum atomic E-state index is 9.43. The Morgan fingerprint density at radius 1 is 1.25 bits per heavy atom. The molecule has 2 heteroatoms. The number of rotatable bonds is 2. The van der Waals surface area contributed by atoms with E-state index in [-0.39, 0.29) is 0 Å². The molecule has 1 fully saturated rings. The van der Waals surface area contributed by atoms with Crippen LogP contribution in [0.4, 0.5) is 0 Å². The quantitative estimate of drug-likeness (QED) is 0.797. The zero-order chi connectivity index (χ0) is 11.5. The maximum Gasteiger partial charge on any atom is 0.0466 e. The summed E-state index contributed by atoms with van der Waals surface area (Å²) in [6.07, 6.45) is 1.08. The van der Waals surface area contributed by atoms with Crippen LogP contribution < -0.4 is 5.32 Å². The van der Waals surface area contributed by atoms with Crippen molar-refractivity contribution < 1.29 is 5.11 Å². The predicted molar refractivity (Wildman–Crippen MR) is 66.7 cm³/mol. The number of benzene rings is 1. The Bertz CT molecular complexity index is 342. The summed E-state index contributed by atoms with van der Waals surface area (Å²) >= 11 is 0. The van der Waals surface area contributed by atoms with Crippen LogP contribution in [0.1, 0.15) is 29.0 Å². The number of piperidine rings is 1. The molecule has 2 nitrogen and oxygen atoms in total. The van der Waals surface area contributed by atoms with Crippen LogP contribution in [0.5, 0.6) is 0 Å². The molecule has 2 N–H and O–H groups in total. The van der Waals surface area contributed by atoms with E-state index in [0.29, 0.717) is 18.4 Å². The molecule has 1 aliphatic rings. The Kier molecular flexibility index (Phi) is 3.62. The zero-order valence-electron chi connectivity index (χ0n) is 10.2. The molecule has 0 radical (unpaired) electrons. The van der Waals surface area contributed by atoms with Crippen molar-refractivity contribution in [2.45, 2.75) is 26.2 Å². The zero-order valence-corrected chi connectivity index (χ0v) is 10.2. The van der Waals surface area contributed by atoms with E-state index in [1.807, 2.05) is 0 Å². The first kappa shape index (κ1) is 11.6. The van der Waals surface area contributed by atoms with Crippen molar-refractivity contribution in [1.82, 2.24) is 5.32 Å². The average molecular weight is 219 g/mol. The summed E-state index contributed by atoms with van der Waals surface area (Å²) in [6.45, 7) is 6.61. The van der Waals surface area contributed by atoms with E-state index in [0.717, 1.165) is 19.5 Å². The minimum atomic E-state index is 0.305. The molecule has 2 rings (SSSR count). The largest absolute Gasteiger partial charge is 0.396 e.